The van der Waals surface area contributed by atoms with Crippen molar-refractivity contribution in [2.24, 2.45) is 0 Å². The van der Waals surface area contributed by atoms with Crippen molar-refractivity contribution in [3.05, 3.63) is 131 Å². The predicted octanol–water partition coefficient (Wildman–Crippen LogP) is 5.88. The molecule has 4 rings (SSSR count). The predicted molar refractivity (Wildman–Crippen MR) is 132 cm³/mol. The molecule has 0 heterocycles. The molecule has 8 heteroatoms. The van der Waals surface area contributed by atoms with E-state index in [0.717, 1.165) is 35.4 Å². The van der Waals surface area contributed by atoms with Crippen LogP contribution in [-0.2, 0) is 23.2 Å². The molecule has 4 aromatic rings. The third-order valence-corrected chi connectivity index (χ3v) is 6.71. The maximum Gasteiger partial charge on any atom is 0.339 e. The zero-order valence-corrected chi connectivity index (χ0v) is 20.2. The fourth-order valence-electron chi connectivity index (χ4n) is 3.58. The fraction of sp³-hybridized carbons (Fsp3) is 0.107. The summed E-state index contributed by atoms with van der Waals surface area (Å²) in [5, 5.41) is 0. The van der Waals surface area contributed by atoms with Crippen molar-refractivity contribution in [2.75, 3.05) is 0 Å². The maximum atomic E-state index is 13.4. The number of nitrogens with zero attached hydrogens (tertiary/aromatic N) is 1. The second kappa shape index (κ2) is 10.7. The molecule has 0 aliphatic carbocycles. The van der Waals surface area contributed by atoms with Crippen LogP contribution < -0.4 is 4.18 Å². The van der Waals surface area contributed by atoms with Gasteiger partial charge in [-0.3, -0.25) is 4.79 Å². The summed E-state index contributed by atoms with van der Waals surface area (Å²) in [7, 11) is -4.17. The van der Waals surface area contributed by atoms with Crippen LogP contribution in [0.5, 0.6) is 5.75 Å². The number of benzene rings is 4. The summed E-state index contributed by atoms with van der Waals surface area (Å²) < 4.78 is 57.0. The van der Waals surface area contributed by atoms with Crippen molar-refractivity contribution >= 4 is 16.0 Å². The number of halogens is 2. The Hall–Kier alpha value is -4.04. The highest BCUT2D eigenvalue weighted by Gasteiger charge is 2.19. The number of carbonyl (C=O) groups is 1. The molecular weight excluding hydrogens is 484 g/mol. The molecule has 0 N–H and O–H groups in total. The van der Waals surface area contributed by atoms with Crippen LogP contribution in [0.4, 0.5) is 8.78 Å². The number of rotatable bonds is 8. The van der Waals surface area contributed by atoms with Gasteiger partial charge in [0.15, 0.2) is 0 Å². The number of hydrogen-bond donors (Lipinski definition) is 0. The van der Waals surface area contributed by atoms with Crippen LogP contribution >= 0.6 is 0 Å². The highest BCUT2D eigenvalue weighted by molar-refractivity contribution is 7.87. The summed E-state index contributed by atoms with van der Waals surface area (Å²) in [4.78, 5) is 14.8. The van der Waals surface area contributed by atoms with E-state index in [2.05, 4.69) is 0 Å². The molecule has 184 valence electrons. The first kappa shape index (κ1) is 25.1. The Labute approximate surface area is 208 Å². The Balaban J connectivity index is 1.58. The van der Waals surface area contributed by atoms with E-state index in [1.165, 1.54) is 24.3 Å². The smallest absolute Gasteiger partial charge is 0.339 e. The van der Waals surface area contributed by atoms with Gasteiger partial charge in [-0.2, -0.15) is 8.42 Å². The molecule has 0 aliphatic rings. The Morgan fingerprint density at radius 3 is 2.00 bits per heavy atom. The average molecular weight is 508 g/mol. The van der Waals surface area contributed by atoms with Gasteiger partial charge < -0.3 is 9.08 Å². The van der Waals surface area contributed by atoms with Gasteiger partial charge in [-0.15, -0.1) is 0 Å². The number of hydrogen-bond acceptors (Lipinski definition) is 4. The van der Waals surface area contributed by atoms with E-state index >= 15 is 0 Å². The van der Waals surface area contributed by atoms with Crippen LogP contribution in [0.2, 0.25) is 0 Å². The molecule has 0 saturated carbocycles. The molecule has 0 saturated heterocycles. The van der Waals surface area contributed by atoms with Gasteiger partial charge in [-0.1, -0.05) is 42.0 Å². The minimum atomic E-state index is -4.17. The lowest BCUT2D eigenvalue weighted by atomic mass is 10.1. The molecule has 0 radical (unpaired) electrons. The van der Waals surface area contributed by atoms with E-state index in [0.29, 0.717) is 11.1 Å². The fourth-order valence-corrected chi connectivity index (χ4v) is 4.50. The summed E-state index contributed by atoms with van der Waals surface area (Å²) in [6.45, 7) is 2.29. The molecule has 0 aromatic heterocycles. The van der Waals surface area contributed by atoms with E-state index in [4.69, 9.17) is 4.18 Å². The monoisotopic (exact) mass is 507 g/mol. The van der Waals surface area contributed by atoms with Gasteiger partial charge in [0.1, 0.15) is 22.3 Å². The minimum absolute atomic E-state index is 0.0568. The number of carbonyl (C=O) groups excluding carboxylic acids is 1. The van der Waals surface area contributed by atoms with E-state index in [-0.39, 0.29) is 35.5 Å². The van der Waals surface area contributed by atoms with Crippen molar-refractivity contribution < 1.29 is 26.2 Å². The molecule has 0 bridgehead atoms. The first-order valence-corrected chi connectivity index (χ1v) is 12.5. The van der Waals surface area contributed by atoms with E-state index in [1.54, 1.807) is 41.3 Å². The third-order valence-electron chi connectivity index (χ3n) is 5.45. The zero-order chi connectivity index (χ0) is 25.7. The molecule has 36 heavy (non-hydrogen) atoms. The molecular formula is C28H23F2NO4S. The highest BCUT2D eigenvalue weighted by Crippen LogP contribution is 2.22. The van der Waals surface area contributed by atoms with Crippen molar-refractivity contribution in [2.45, 2.75) is 24.9 Å². The van der Waals surface area contributed by atoms with Crippen molar-refractivity contribution in [3.8, 4) is 5.75 Å². The zero-order valence-electron chi connectivity index (χ0n) is 19.4. The topological polar surface area (TPSA) is 63.7 Å². The van der Waals surface area contributed by atoms with Crippen LogP contribution in [0, 0.1) is 18.6 Å². The van der Waals surface area contributed by atoms with Gasteiger partial charge in [0, 0.05) is 18.7 Å². The van der Waals surface area contributed by atoms with Gasteiger partial charge in [0.25, 0.3) is 5.91 Å². The lowest BCUT2D eigenvalue weighted by Crippen LogP contribution is -2.30. The second-order valence-corrected chi connectivity index (χ2v) is 9.84. The standard InChI is InChI=1S/C28H23F2NO4S/c1-20-5-9-23(10-6-20)28(32)31(18-21-7-11-24(29)12-8-21)19-22-3-2-4-26(17-22)35-36(33,34)27-15-13-25(30)14-16-27/h2-17H,18-19H2,1H3. The van der Waals surface area contributed by atoms with Gasteiger partial charge in [-0.25, -0.2) is 8.78 Å². The molecule has 0 fully saturated rings. The molecule has 0 atom stereocenters. The first-order valence-electron chi connectivity index (χ1n) is 11.1. The van der Waals surface area contributed by atoms with Gasteiger partial charge in [0.2, 0.25) is 0 Å². The lowest BCUT2D eigenvalue weighted by molar-refractivity contribution is 0.0730. The maximum absolute atomic E-state index is 13.4. The minimum Gasteiger partial charge on any atom is -0.379 e. The Bertz CT molecular complexity index is 1450. The normalized spacial score (nSPS) is 11.2. The molecule has 0 unspecified atom stereocenters. The second-order valence-electron chi connectivity index (χ2n) is 8.29. The molecule has 0 spiro atoms. The van der Waals surface area contributed by atoms with Crippen LogP contribution in [0.3, 0.4) is 0 Å². The molecule has 0 aliphatic heterocycles. The quantitative estimate of drug-likeness (QED) is 0.279. The van der Waals surface area contributed by atoms with Crippen LogP contribution in [0.1, 0.15) is 27.0 Å². The molecule has 4 aromatic carbocycles. The van der Waals surface area contributed by atoms with Crippen molar-refractivity contribution in [3.63, 3.8) is 0 Å². The summed E-state index contributed by atoms with van der Waals surface area (Å²) in [6, 6.07) is 23.8. The summed E-state index contributed by atoms with van der Waals surface area (Å²) in [6.07, 6.45) is 0. The van der Waals surface area contributed by atoms with Crippen LogP contribution in [0.25, 0.3) is 0 Å². The van der Waals surface area contributed by atoms with Gasteiger partial charge >= 0.3 is 10.1 Å². The van der Waals surface area contributed by atoms with Crippen molar-refractivity contribution in [1.29, 1.82) is 0 Å². The lowest BCUT2D eigenvalue weighted by Gasteiger charge is -2.23. The summed E-state index contributed by atoms with van der Waals surface area (Å²) in [5.74, 6) is -1.11. The van der Waals surface area contributed by atoms with Crippen LogP contribution in [0.15, 0.2) is 102 Å². The number of aryl methyl sites for hydroxylation is 1. The Morgan fingerprint density at radius 2 is 1.36 bits per heavy atom. The first-order chi connectivity index (χ1) is 17.2. The van der Waals surface area contributed by atoms with E-state index in [1.807, 2.05) is 19.1 Å². The summed E-state index contributed by atoms with van der Waals surface area (Å²) >= 11 is 0. The number of amides is 1. The average Bonchev–Trinajstić information content (AvgIpc) is 2.85. The third kappa shape index (κ3) is 6.34. The van der Waals surface area contributed by atoms with Crippen molar-refractivity contribution in [1.82, 2.24) is 4.90 Å². The SMILES string of the molecule is Cc1ccc(C(=O)N(Cc2ccc(F)cc2)Cc2cccc(OS(=O)(=O)c3ccc(F)cc3)c2)cc1. The van der Waals surface area contributed by atoms with Gasteiger partial charge in [-0.05, 0) is 78.7 Å². The largest absolute Gasteiger partial charge is 0.379 e. The molecule has 1 amide bonds. The highest BCUT2D eigenvalue weighted by atomic mass is 32.2. The van der Waals surface area contributed by atoms with E-state index < -0.39 is 15.9 Å². The Morgan fingerprint density at radius 1 is 0.778 bits per heavy atom. The molecule has 5 nitrogen and oxygen atoms in total. The van der Waals surface area contributed by atoms with E-state index in [9.17, 15) is 22.0 Å². The van der Waals surface area contributed by atoms with Gasteiger partial charge in [0.05, 0.1) is 0 Å². The van der Waals surface area contributed by atoms with Crippen LogP contribution in [-0.4, -0.2) is 19.2 Å². The summed E-state index contributed by atoms with van der Waals surface area (Å²) in [5.41, 5.74) is 2.88. The Kier molecular flexibility index (Phi) is 7.45.